The first kappa shape index (κ1) is 8.33. The number of ether oxygens (including phenoxy) is 1. The molecular weight excluding hydrogens is 215 g/mol. The maximum absolute atomic E-state index is 12.9. The summed E-state index contributed by atoms with van der Waals surface area (Å²) in [4.78, 5) is 0. The second-order valence-corrected chi connectivity index (χ2v) is 2.77. The second kappa shape index (κ2) is 3.09. The van der Waals surface area contributed by atoms with E-state index in [4.69, 9.17) is 5.11 Å². The first-order valence-electron chi connectivity index (χ1n) is 2.87. The molecule has 0 aliphatic heterocycles. The number of phenolic OH excluding ortho intramolecular Hbond substituents is 1. The van der Waals surface area contributed by atoms with Crippen molar-refractivity contribution in [3.05, 3.63) is 22.4 Å². The molecule has 1 rings (SSSR count). The maximum Gasteiger partial charge on any atom is 0.207 e. The fourth-order valence-electron chi connectivity index (χ4n) is 0.680. The van der Waals surface area contributed by atoms with Crippen LogP contribution in [0.1, 0.15) is 0 Å². The zero-order chi connectivity index (χ0) is 8.43. The summed E-state index contributed by atoms with van der Waals surface area (Å²) in [5.41, 5.74) is 0. The average Bonchev–Trinajstić information content (AvgIpc) is 2.01. The highest BCUT2D eigenvalue weighted by molar-refractivity contribution is 9.10. The van der Waals surface area contributed by atoms with Crippen LogP contribution in [0.4, 0.5) is 4.39 Å². The molecule has 0 amide bonds. The predicted octanol–water partition coefficient (Wildman–Crippen LogP) is 2.30. The van der Waals surface area contributed by atoms with Crippen LogP contribution in [0, 0.1) is 5.82 Å². The van der Waals surface area contributed by atoms with Gasteiger partial charge in [0.05, 0.1) is 11.6 Å². The van der Waals surface area contributed by atoms with Gasteiger partial charge in [0.25, 0.3) is 0 Å². The van der Waals surface area contributed by atoms with Gasteiger partial charge in [-0.1, -0.05) is 0 Å². The van der Waals surface area contributed by atoms with Crippen LogP contribution >= 0.6 is 15.9 Å². The van der Waals surface area contributed by atoms with Gasteiger partial charge < -0.3 is 9.84 Å². The molecule has 4 heteroatoms. The van der Waals surface area contributed by atoms with Crippen molar-refractivity contribution in [2.75, 3.05) is 7.11 Å². The van der Waals surface area contributed by atoms with Crippen LogP contribution in [0.5, 0.6) is 11.5 Å². The van der Waals surface area contributed by atoms with E-state index >= 15 is 0 Å². The summed E-state index contributed by atoms with van der Waals surface area (Å²) in [5, 5.41) is 9.02. The number of hydrogen-bond acceptors (Lipinski definition) is 2. The van der Waals surface area contributed by atoms with E-state index in [0.717, 1.165) is 0 Å². The minimum Gasteiger partial charge on any atom is -0.504 e. The van der Waals surface area contributed by atoms with Gasteiger partial charge in [-0.15, -0.1) is 0 Å². The maximum atomic E-state index is 12.9. The molecule has 0 aliphatic rings. The monoisotopic (exact) mass is 220 g/mol. The molecule has 0 saturated heterocycles. The second-order valence-electron chi connectivity index (χ2n) is 1.91. The van der Waals surface area contributed by atoms with E-state index in [9.17, 15) is 4.39 Å². The van der Waals surface area contributed by atoms with Gasteiger partial charge in [0.15, 0.2) is 11.5 Å². The summed E-state index contributed by atoms with van der Waals surface area (Å²) >= 11 is 2.96. The Morgan fingerprint density at radius 3 is 2.73 bits per heavy atom. The number of rotatable bonds is 1. The largest absolute Gasteiger partial charge is 0.504 e. The van der Waals surface area contributed by atoms with Gasteiger partial charge in [0.2, 0.25) is 5.82 Å². The van der Waals surface area contributed by atoms with Crippen molar-refractivity contribution in [2.45, 2.75) is 0 Å². The molecule has 2 nitrogen and oxygen atoms in total. The predicted molar refractivity (Wildman–Crippen MR) is 42.3 cm³/mol. The Kier molecular flexibility index (Phi) is 2.34. The highest BCUT2D eigenvalue weighted by atomic mass is 79.9. The van der Waals surface area contributed by atoms with Crippen LogP contribution in [0.15, 0.2) is 16.6 Å². The van der Waals surface area contributed by atoms with E-state index in [-0.39, 0.29) is 5.75 Å². The van der Waals surface area contributed by atoms with Crippen LogP contribution in [0.3, 0.4) is 0 Å². The minimum absolute atomic E-state index is 0.0331. The molecule has 0 spiro atoms. The van der Waals surface area contributed by atoms with Crippen LogP contribution in [0.25, 0.3) is 0 Å². The zero-order valence-corrected chi connectivity index (χ0v) is 7.35. The molecule has 0 atom stereocenters. The summed E-state index contributed by atoms with van der Waals surface area (Å²) in [6.45, 7) is 0. The number of aromatic hydroxyl groups is 1. The quantitative estimate of drug-likeness (QED) is 0.788. The van der Waals surface area contributed by atoms with Gasteiger partial charge in [-0.25, -0.2) is 0 Å². The first-order chi connectivity index (χ1) is 5.16. The van der Waals surface area contributed by atoms with E-state index in [2.05, 4.69) is 20.7 Å². The highest BCUT2D eigenvalue weighted by Gasteiger charge is 2.10. The Morgan fingerprint density at radius 2 is 2.18 bits per heavy atom. The molecule has 1 aromatic rings. The van der Waals surface area contributed by atoms with E-state index in [0.29, 0.717) is 4.47 Å². The van der Waals surface area contributed by atoms with Gasteiger partial charge in [0.1, 0.15) is 0 Å². The van der Waals surface area contributed by atoms with E-state index in [1.807, 2.05) is 0 Å². The third-order valence-corrected chi connectivity index (χ3v) is 1.89. The smallest absolute Gasteiger partial charge is 0.207 e. The lowest BCUT2D eigenvalue weighted by Gasteiger charge is -2.03. The first-order valence-corrected chi connectivity index (χ1v) is 3.67. The Hall–Kier alpha value is -0.770. The van der Waals surface area contributed by atoms with Gasteiger partial charge in [-0.2, -0.15) is 4.39 Å². The van der Waals surface area contributed by atoms with Crippen molar-refractivity contribution in [1.29, 1.82) is 0 Å². The molecule has 0 bridgehead atoms. The topological polar surface area (TPSA) is 29.5 Å². The number of benzene rings is 1. The molecule has 0 saturated carbocycles. The standard InChI is InChI=1S/C7H6BrFO2/c1-11-5-3-2-4(8)7(10)6(5)9/h2-3,10H,1H3. The highest BCUT2D eigenvalue weighted by Crippen LogP contribution is 2.32. The molecule has 1 N–H and O–H groups in total. The minimum atomic E-state index is -0.748. The molecule has 60 valence electrons. The van der Waals surface area contributed by atoms with Crippen molar-refractivity contribution in [1.82, 2.24) is 0 Å². The van der Waals surface area contributed by atoms with Crippen molar-refractivity contribution in [3.8, 4) is 11.5 Å². The summed E-state index contributed by atoms with van der Waals surface area (Å²) in [6.07, 6.45) is 0. The summed E-state index contributed by atoms with van der Waals surface area (Å²) < 4.78 is 17.8. The molecule has 1 aromatic carbocycles. The van der Waals surface area contributed by atoms with Crippen molar-refractivity contribution in [2.24, 2.45) is 0 Å². The average molecular weight is 221 g/mol. The van der Waals surface area contributed by atoms with Gasteiger partial charge in [0, 0.05) is 0 Å². The molecule has 0 unspecified atom stereocenters. The van der Waals surface area contributed by atoms with Crippen LogP contribution < -0.4 is 4.74 Å². The van der Waals surface area contributed by atoms with E-state index in [1.54, 1.807) is 0 Å². The fraction of sp³-hybridized carbons (Fsp3) is 0.143. The third kappa shape index (κ3) is 1.45. The van der Waals surface area contributed by atoms with Crippen molar-refractivity contribution in [3.63, 3.8) is 0 Å². The molecule has 11 heavy (non-hydrogen) atoms. The molecule has 0 fully saturated rings. The lowest BCUT2D eigenvalue weighted by molar-refractivity contribution is 0.363. The molecule has 0 radical (unpaired) electrons. The normalized spacial score (nSPS) is 9.73. The Bertz CT molecular complexity index is 275. The van der Waals surface area contributed by atoms with Crippen molar-refractivity contribution < 1.29 is 14.2 Å². The summed E-state index contributed by atoms with van der Waals surface area (Å²) in [5.74, 6) is -1.14. The molecule has 0 heterocycles. The Labute approximate surface area is 71.7 Å². The zero-order valence-electron chi connectivity index (χ0n) is 5.77. The number of halogens is 2. The van der Waals surface area contributed by atoms with E-state index in [1.165, 1.54) is 19.2 Å². The van der Waals surface area contributed by atoms with E-state index < -0.39 is 11.6 Å². The number of phenols is 1. The van der Waals surface area contributed by atoms with Gasteiger partial charge >= 0.3 is 0 Å². The lowest BCUT2D eigenvalue weighted by atomic mass is 10.3. The van der Waals surface area contributed by atoms with Crippen LogP contribution in [0.2, 0.25) is 0 Å². The summed E-state index contributed by atoms with van der Waals surface area (Å²) in [7, 11) is 1.34. The van der Waals surface area contributed by atoms with Crippen LogP contribution in [-0.2, 0) is 0 Å². The fourth-order valence-corrected chi connectivity index (χ4v) is 0.986. The van der Waals surface area contributed by atoms with Crippen molar-refractivity contribution >= 4 is 15.9 Å². The number of hydrogen-bond donors (Lipinski definition) is 1. The third-order valence-electron chi connectivity index (χ3n) is 1.25. The van der Waals surface area contributed by atoms with Gasteiger partial charge in [-0.3, -0.25) is 0 Å². The van der Waals surface area contributed by atoms with Crippen LogP contribution in [-0.4, -0.2) is 12.2 Å². The molecular formula is C7H6BrFO2. The Morgan fingerprint density at radius 1 is 1.55 bits per heavy atom. The molecule has 0 aliphatic carbocycles. The SMILES string of the molecule is COc1ccc(Br)c(O)c1F. The van der Waals surface area contributed by atoms with Gasteiger partial charge in [-0.05, 0) is 28.1 Å². The summed E-state index contributed by atoms with van der Waals surface area (Å²) in [6, 6.07) is 2.94. The Balaban J connectivity index is 3.25. The number of methoxy groups -OCH3 is 1. The lowest BCUT2D eigenvalue weighted by Crippen LogP contribution is -1.87. The molecule has 0 aromatic heterocycles.